The van der Waals surface area contributed by atoms with Gasteiger partial charge in [-0.2, -0.15) is 0 Å². The Morgan fingerprint density at radius 1 is 1.00 bits per heavy atom. The molecule has 1 atom stereocenters. The van der Waals surface area contributed by atoms with E-state index in [-0.39, 0.29) is 0 Å². The lowest BCUT2D eigenvalue weighted by Crippen LogP contribution is -2.31. The molecule has 3 rings (SSSR count). The molecule has 0 aromatic heterocycles. The normalized spacial score (nSPS) is 16.7. The molecule has 1 aliphatic carbocycles. The first-order valence-electron chi connectivity index (χ1n) is 11.2. The van der Waals surface area contributed by atoms with Crippen molar-refractivity contribution in [3.63, 3.8) is 0 Å². The average molecular weight is 367 g/mol. The largest absolute Gasteiger partial charge is 0.383 e. The van der Waals surface area contributed by atoms with Crippen molar-refractivity contribution in [1.82, 2.24) is 4.90 Å². The molecule has 0 spiro atoms. The van der Waals surface area contributed by atoms with Crippen LogP contribution in [0.25, 0.3) is 10.8 Å². The molecule has 1 N–H and O–H groups in total. The van der Waals surface area contributed by atoms with E-state index in [0.717, 1.165) is 13.1 Å². The van der Waals surface area contributed by atoms with Crippen molar-refractivity contribution in [2.75, 3.05) is 31.5 Å². The molecule has 0 saturated carbocycles. The first-order valence-corrected chi connectivity index (χ1v) is 11.2. The molecule has 1 unspecified atom stereocenters. The Morgan fingerprint density at radius 2 is 1.70 bits per heavy atom. The summed E-state index contributed by atoms with van der Waals surface area (Å²) in [6, 6.07) is 11.5. The van der Waals surface area contributed by atoms with Crippen LogP contribution in [0.1, 0.15) is 76.3 Å². The summed E-state index contributed by atoms with van der Waals surface area (Å²) in [4.78, 5) is 2.64. The molecule has 2 nitrogen and oxygen atoms in total. The lowest BCUT2D eigenvalue weighted by Gasteiger charge is -2.27. The number of hydrogen-bond acceptors (Lipinski definition) is 2. The van der Waals surface area contributed by atoms with Gasteiger partial charge in [0.1, 0.15) is 0 Å². The lowest BCUT2D eigenvalue weighted by atomic mass is 9.80. The highest BCUT2D eigenvalue weighted by atomic mass is 15.1. The molecule has 27 heavy (non-hydrogen) atoms. The van der Waals surface area contributed by atoms with E-state index in [0.29, 0.717) is 5.92 Å². The van der Waals surface area contributed by atoms with Gasteiger partial charge in [-0.3, -0.25) is 0 Å². The molecule has 0 bridgehead atoms. The summed E-state index contributed by atoms with van der Waals surface area (Å²) in [5.41, 5.74) is 4.52. The molecular weight excluding hydrogens is 328 g/mol. The number of hydrogen-bond donors (Lipinski definition) is 1. The zero-order valence-electron chi connectivity index (χ0n) is 17.7. The van der Waals surface area contributed by atoms with Crippen LogP contribution in [0.4, 0.5) is 5.69 Å². The fourth-order valence-electron chi connectivity index (χ4n) is 4.58. The highest BCUT2D eigenvalue weighted by Crippen LogP contribution is 2.39. The monoisotopic (exact) mass is 366 g/mol. The first kappa shape index (κ1) is 20.2. The van der Waals surface area contributed by atoms with E-state index in [1.54, 1.807) is 11.1 Å². The zero-order valence-corrected chi connectivity index (χ0v) is 17.7. The fraction of sp³-hybridized carbons (Fsp3) is 0.600. The van der Waals surface area contributed by atoms with Crippen molar-refractivity contribution in [2.24, 2.45) is 0 Å². The second-order valence-electron chi connectivity index (χ2n) is 8.31. The maximum Gasteiger partial charge on any atom is 0.0423 e. The quantitative estimate of drug-likeness (QED) is 0.510. The van der Waals surface area contributed by atoms with Gasteiger partial charge in [-0.05, 0) is 73.7 Å². The summed E-state index contributed by atoms with van der Waals surface area (Å²) in [5, 5.41) is 6.67. The van der Waals surface area contributed by atoms with Crippen LogP contribution in [0, 0.1) is 0 Å². The number of unbranched alkanes of at least 4 members (excludes halogenated alkanes) is 2. The van der Waals surface area contributed by atoms with Crippen LogP contribution in [-0.4, -0.2) is 31.1 Å². The Bertz CT molecular complexity index is 714. The minimum Gasteiger partial charge on any atom is -0.383 e. The number of aryl methyl sites for hydroxylation is 1. The summed E-state index contributed by atoms with van der Waals surface area (Å²) in [5.74, 6) is 0.686. The predicted octanol–water partition coefficient (Wildman–Crippen LogP) is 6.59. The van der Waals surface area contributed by atoms with Crippen LogP contribution in [0.2, 0.25) is 0 Å². The number of nitrogens with zero attached hydrogens (tertiary/aromatic N) is 1. The minimum atomic E-state index is 0.686. The maximum atomic E-state index is 3.79. The second kappa shape index (κ2) is 10.1. The summed E-state index contributed by atoms with van der Waals surface area (Å²) in [7, 11) is 0. The van der Waals surface area contributed by atoms with Crippen molar-refractivity contribution in [2.45, 2.75) is 71.6 Å². The van der Waals surface area contributed by atoms with Crippen molar-refractivity contribution >= 4 is 16.5 Å². The molecular formula is C25H38N2. The first-order chi connectivity index (χ1) is 13.2. The molecule has 0 aliphatic heterocycles. The van der Waals surface area contributed by atoms with Gasteiger partial charge >= 0.3 is 0 Å². The molecule has 0 heterocycles. The summed E-state index contributed by atoms with van der Waals surface area (Å²) in [6.45, 7) is 11.6. The Morgan fingerprint density at radius 3 is 2.41 bits per heavy atom. The van der Waals surface area contributed by atoms with Crippen LogP contribution in [-0.2, 0) is 6.42 Å². The fourth-order valence-corrected chi connectivity index (χ4v) is 4.58. The van der Waals surface area contributed by atoms with E-state index in [1.165, 1.54) is 74.5 Å². The van der Waals surface area contributed by atoms with Crippen molar-refractivity contribution in [3.05, 3.63) is 41.5 Å². The maximum absolute atomic E-state index is 3.79. The van der Waals surface area contributed by atoms with Gasteiger partial charge in [-0.25, -0.2) is 0 Å². The Labute approximate surface area is 166 Å². The molecule has 148 valence electrons. The zero-order chi connectivity index (χ0) is 19.1. The van der Waals surface area contributed by atoms with Gasteiger partial charge in [0.05, 0.1) is 0 Å². The summed E-state index contributed by atoms with van der Waals surface area (Å²) < 4.78 is 0. The molecule has 2 aromatic rings. The molecule has 0 radical (unpaired) electrons. The number of rotatable bonds is 10. The lowest BCUT2D eigenvalue weighted by molar-refractivity contribution is 0.275. The molecule has 2 heteroatoms. The van der Waals surface area contributed by atoms with E-state index >= 15 is 0 Å². The van der Waals surface area contributed by atoms with Crippen molar-refractivity contribution in [3.8, 4) is 0 Å². The van der Waals surface area contributed by atoms with Gasteiger partial charge in [0, 0.05) is 24.2 Å². The number of anilines is 1. The molecule has 0 amide bonds. The van der Waals surface area contributed by atoms with Crippen LogP contribution in [0.3, 0.4) is 0 Å². The Hall–Kier alpha value is -1.54. The van der Waals surface area contributed by atoms with Crippen LogP contribution >= 0.6 is 0 Å². The van der Waals surface area contributed by atoms with Crippen LogP contribution < -0.4 is 5.32 Å². The van der Waals surface area contributed by atoms with Crippen molar-refractivity contribution < 1.29 is 0 Å². The van der Waals surface area contributed by atoms with E-state index in [9.17, 15) is 0 Å². The third kappa shape index (κ3) is 5.04. The molecule has 1 aliphatic rings. The Balaban J connectivity index is 1.74. The number of fused-ring (bicyclic) bond motifs is 3. The van der Waals surface area contributed by atoms with Gasteiger partial charge in [0.25, 0.3) is 0 Å². The highest BCUT2D eigenvalue weighted by molar-refractivity contribution is 5.97. The summed E-state index contributed by atoms with van der Waals surface area (Å²) in [6.07, 6.45) is 9.07. The average Bonchev–Trinajstić information content (AvgIpc) is 2.69. The molecule has 0 saturated heterocycles. The van der Waals surface area contributed by atoms with Gasteiger partial charge in [-0.15, -0.1) is 0 Å². The SMILES string of the molecule is CCCCN(CCCC)CCNc1cc2c(c3ccccc13)C(C)CCC2. The van der Waals surface area contributed by atoms with Gasteiger partial charge in [0.2, 0.25) is 0 Å². The predicted molar refractivity (Wildman–Crippen MR) is 120 cm³/mol. The van der Waals surface area contributed by atoms with Gasteiger partial charge in [-0.1, -0.05) is 57.9 Å². The van der Waals surface area contributed by atoms with E-state index in [2.05, 4.69) is 61.3 Å². The van der Waals surface area contributed by atoms with E-state index in [4.69, 9.17) is 0 Å². The third-order valence-corrected chi connectivity index (χ3v) is 6.15. The molecule has 0 fully saturated rings. The highest BCUT2D eigenvalue weighted by Gasteiger charge is 2.20. The standard InChI is InChI=1S/C25H38N2/c1-4-6-16-27(17-7-5-2)18-15-26-24-19-21-12-10-11-20(3)25(21)23-14-9-8-13-22(23)24/h8-9,13-14,19-20,26H,4-7,10-12,15-18H2,1-3H3. The number of nitrogens with one attached hydrogen (secondary N) is 1. The van der Waals surface area contributed by atoms with E-state index in [1.807, 2.05) is 0 Å². The van der Waals surface area contributed by atoms with Gasteiger partial charge < -0.3 is 10.2 Å². The smallest absolute Gasteiger partial charge is 0.0423 e. The van der Waals surface area contributed by atoms with Gasteiger partial charge in [0.15, 0.2) is 0 Å². The van der Waals surface area contributed by atoms with Crippen LogP contribution in [0.15, 0.2) is 30.3 Å². The number of benzene rings is 2. The van der Waals surface area contributed by atoms with E-state index < -0.39 is 0 Å². The third-order valence-electron chi connectivity index (χ3n) is 6.15. The Kier molecular flexibility index (Phi) is 7.58. The second-order valence-corrected chi connectivity index (χ2v) is 8.31. The summed E-state index contributed by atoms with van der Waals surface area (Å²) >= 11 is 0. The molecule has 2 aromatic carbocycles. The van der Waals surface area contributed by atoms with Crippen molar-refractivity contribution in [1.29, 1.82) is 0 Å². The minimum absolute atomic E-state index is 0.686. The topological polar surface area (TPSA) is 15.3 Å². The van der Waals surface area contributed by atoms with Crippen LogP contribution in [0.5, 0.6) is 0 Å².